The molecule has 2 rings (SSSR count). The summed E-state index contributed by atoms with van der Waals surface area (Å²) >= 11 is -0.339. The van der Waals surface area contributed by atoms with E-state index in [2.05, 4.69) is 34.3 Å². The number of nitrogens with zero attached hydrogens (tertiary/aromatic N) is 3. The van der Waals surface area contributed by atoms with Crippen LogP contribution < -0.4 is 9.80 Å². The summed E-state index contributed by atoms with van der Waals surface area (Å²) in [5.74, 6) is 0.931. The molecule has 1 amide bonds. The fourth-order valence-electron chi connectivity index (χ4n) is 2.23. The normalized spacial score (nSPS) is 11.3. The Morgan fingerprint density at radius 1 is 1.21 bits per heavy atom. The van der Waals surface area contributed by atoms with Crippen molar-refractivity contribution in [3.63, 3.8) is 0 Å². The molecule has 0 bridgehead atoms. The molecule has 0 aliphatic heterocycles. The minimum absolute atomic E-state index is 0.00531. The van der Waals surface area contributed by atoms with Crippen LogP contribution in [0.3, 0.4) is 0 Å². The zero-order valence-corrected chi connectivity index (χ0v) is 16.4. The van der Waals surface area contributed by atoms with Gasteiger partial charge in [0.15, 0.2) is 0 Å². The number of carbonyl (C=O) groups is 1. The average molecular weight is 388 g/mol. The maximum absolute atomic E-state index is 12.0. The van der Waals surface area contributed by atoms with Gasteiger partial charge in [-0.15, -0.1) is 0 Å². The van der Waals surface area contributed by atoms with Gasteiger partial charge < -0.3 is 0 Å². The second-order valence-electron chi connectivity index (χ2n) is 5.81. The van der Waals surface area contributed by atoms with E-state index in [0.29, 0.717) is 12.1 Å². The molecular formula is C18H25AsN4O. The molecule has 0 saturated carbocycles. The Kier molecular flexibility index (Phi) is 7.93. The summed E-state index contributed by atoms with van der Waals surface area (Å²) in [7, 11) is 4.15. The van der Waals surface area contributed by atoms with E-state index in [1.54, 1.807) is 0 Å². The number of hydrogen-bond acceptors (Lipinski definition) is 4. The van der Waals surface area contributed by atoms with Crippen LogP contribution in [0.4, 0.5) is 0 Å². The Hall–Kier alpha value is -1.71. The van der Waals surface area contributed by atoms with Crippen molar-refractivity contribution in [3.05, 3.63) is 54.0 Å². The van der Waals surface area contributed by atoms with E-state index in [4.69, 9.17) is 0 Å². The third kappa shape index (κ3) is 6.81. The van der Waals surface area contributed by atoms with Gasteiger partial charge in [0.05, 0.1) is 0 Å². The van der Waals surface area contributed by atoms with Gasteiger partial charge in [-0.05, 0) is 0 Å². The molecular weight excluding hydrogens is 363 g/mol. The first-order valence-electron chi connectivity index (χ1n) is 8.19. The third-order valence-corrected chi connectivity index (χ3v) is 5.86. The number of rotatable bonds is 9. The van der Waals surface area contributed by atoms with E-state index in [-0.39, 0.29) is 21.7 Å². The Labute approximate surface area is 150 Å². The van der Waals surface area contributed by atoms with E-state index < -0.39 is 0 Å². The fraction of sp³-hybridized carbons (Fsp3) is 0.389. The van der Waals surface area contributed by atoms with Crippen LogP contribution in [0.25, 0.3) is 0 Å². The number of hydrogen-bond donors (Lipinski definition) is 1. The molecule has 5 nitrogen and oxygen atoms in total. The second kappa shape index (κ2) is 10.2. The van der Waals surface area contributed by atoms with Crippen LogP contribution in [-0.4, -0.2) is 63.7 Å². The summed E-state index contributed by atoms with van der Waals surface area (Å²) in [5.41, 5.74) is 0.711. The van der Waals surface area contributed by atoms with Crippen molar-refractivity contribution in [1.82, 2.24) is 20.2 Å². The second-order valence-corrected chi connectivity index (χ2v) is 8.68. The summed E-state index contributed by atoms with van der Waals surface area (Å²) in [6.45, 7) is 1.75. The molecule has 0 aliphatic carbocycles. The van der Waals surface area contributed by atoms with Crippen molar-refractivity contribution in [3.8, 4) is 0 Å². The Morgan fingerprint density at radius 2 is 2.00 bits per heavy atom. The monoisotopic (exact) mass is 388 g/mol. The van der Waals surface area contributed by atoms with Gasteiger partial charge in [-0.2, -0.15) is 0 Å². The quantitative estimate of drug-likeness (QED) is 0.512. The van der Waals surface area contributed by atoms with E-state index in [0.717, 1.165) is 30.4 Å². The number of aryl methyl sites for hydroxylation is 1. The molecule has 1 N–H and O–H groups in total. The van der Waals surface area contributed by atoms with Crippen LogP contribution in [-0.2, 0) is 6.42 Å². The topological polar surface area (TPSA) is 58.1 Å². The molecule has 1 aromatic heterocycles. The van der Waals surface area contributed by atoms with Gasteiger partial charge in [0.2, 0.25) is 0 Å². The van der Waals surface area contributed by atoms with Crippen LogP contribution in [0.2, 0.25) is 5.21 Å². The summed E-state index contributed by atoms with van der Waals surface area (Å²) < 4.78 is 1.17. The van der Waals surface area contributed by atoms with E-state index in [1.807, 2.05) is 42.6 Å². The van der Waals surface area contributed by atoms with Crippen LogP contribution in [0.5, 0.6) is 0 Å². The van der Waals surface area contributed by atoms with Crippen molar-refractivity contribution in [1.29, 1.82) is 0 Å². The summed E-state index contributed by atoms with van der Waals surface area (Å²) in [5, 5.41) is 3.97. The van der Waals surface area contributed by atoms with Crippen LogP contribution in [0.1, 0.15) is 22.6 Å². The van der Waals surface area contributed by atoms with Gasteiger partial charge in [-0.25, -0.2) is 0 Å². The molecule has 1 unspecified atom stereocenters. The number of nitrogens with one attached hydrogen (secondary N) is 1. The maximum atomic E-state index is 12.0. The van der Waals surface area contributed by atoms with E-state index >= 15 is 0 Å². The Balaban J connectivity index is 1.71. The van der Waals surface area contributed by atoms with Gasteiger partial charge in [0, 0.05) is 0 Å². The molecule has 128 valence electrons. The van der Waals surface area contributed by atoms with Crippen molar-refractivity contribution in [2.45, 2.75) is 18.1 Å². The molecule has 0 aliphatic rings. The predicted molar refractivity (Wildman–Crippen MR) is 99.3 cm³/mol. The van der Waals surface area contributed by atoms with E-state index in [1.165, 1.54) is 4.48 Å². The zero-order chi connectivity index (χ0) is 17.2. The van der Waals surface area contributed by atoms with E-state index in [9.17, 15) is 4.79 Å². The van der Waals surface area contributed by atoms with Gasteiger partial charge in [0.25, 0.3) is 0 Å². The van der Waals surface area contributed by atoms with Gasteiger partial charge >= 0.3 is 150 Å². The van der Waals surface area contributed by atoms with Gasteiger partial charge in [-0.3, -0.25) is 0 Å². The number of carbonyl (C=O) groups excluding carboxylic acids is 1. The molecule has 24 heavy (non-hydrogen) atoms. The van der Waals surface area contributed by atoms with Crippen LogP contribution in [0, 0.1) is 0 Å². The standard InChI is InChI=1S/C18H25AsN4O/c1-23(2)14-6-9-17-20-12-10-16(22-17)19-11-13-21-18(24)15-7-4-3-5-8-15/h3-5,7-8,10,12,19H,6,9,11,13-14H2,1-2H3,(H,21,24). The number of aromatic nitrogens is 2. The molecule has 0 fully saturated rings. The first kappa shape index (κ1) is 18.6. The molecule has 1 atom stereocenters. The third-order valence-electron chi connectivity index (χ3n) is 3.46. The van der Waals surface area contributed by atoms with Crippen molar-refractivity contribution >= 4 is 26.1 Å². The molecule has 6 heteroatoms. The molecule has 0 saturated heterocycles. The fourth-order valence-corrected chi connectivity index (χ4v) is 4.13. The molecule has 2 aromatic rings. The molecule has 0 spiro atoms. The first-order valence-corrected chi connectivity index (χ1v) is 10.7. The summed E-state index contributed by atoms with van der Waals surface area (Å²) in [6, 6.07) is 11.3. The van der Waals surface area contributed by atoms with Gasteiger partial charge in [-0.1, -0.05) is 0 Å². The predicted octanol–water partition coefficient (Wildman–Crippen LogP) is 0.881. The molecule has 1 aromatic carbocycles. The average Bonchev–Trinajstić information content (AvgIpc) is 2.59. The number of amides is 1. The van der Waals surface area contributed by atoms with Crippen molar-refractivity contribution in [2.75, 3.05) is 27.2 Å². The Bertz CT molecular complexity index is 634. The number of benzene rings is 1. The summed E-state index contributed by atoms with van der Waals surface area (Å²) in [6.07, 6.45) is 3.85. The Morgan fingerprint density at radius 3 is 2.75 bits per heavy atom. The van der Waals surface area contributed by atoms with Crippen LogP contribution >= 0.6 is 0 Å². The molecule has 1 heterocycles. The minimum atomic E-state index is -0.339. The van der Waals surface area contributed by atoms with Crippen molar-refractivity contribution < 1.29 is 4.79 Å². The van der Waals surface area contributed by atoms with Crippen LogP contribution in [0.15, 0.2) is 42.6 Å². The first-order chi connectivity index (χ1) is 11.6. The van der Waals surface area contributed by atoms with Gasteiger partial charge in [0.1, 0.15) is 0 Å². The summed E-state index contributed by atoms with van der Waals surface area (Å²) in [4.78, 5) is 23.1. The van der Waals surface area contributed by atoms with Crippen molar-refractivity contribution in [2.24, 2.45) is 0 Å². The SMILES string of the molecule is CN(C)CCCc1nccc([AsH]CCNC(=O)c2ccccc2)n1. The molecule has 0 radical (unpaired) electrons. The zero-order valence-electron chi connectivity index (χ0n) is 14.3.